The largest absolute Gasteiger partial charge is 0.350 e. The number of thioether (sulfide) groups is 1. The standard InChI is InChI=1S/C19H27N5O2S/c1-13-9-7-8-10-15(13)24-14(2)21-22-18(24)27-12-17(26)23(6)11-16(25)20-19(3,4)5/h7-10H,11-12H2,1-6H3,(H,20,25). The Kier molecular flexibility index (Phi) is 6.64. The van der Waals surface area contributed by atoms with Gasteiger partial charge in [-0.15, -0.1) is 10.2 Å². The molecule has 2 aromatic rings. The Balaban J connectivity index is 2.02. The van der Waals surface area contributed by atoms with Crippen molar-refractivity contribution in [3.8, 4) is 5.69 Å². The van der Waals surface area contributed by atoms with Crippen LogP contribution in [0.25, 0.3) is 5.69 Å². The Morgan fingerprint density at radius 3 is 2.48 bits per heavy atom. The molecule has 0 unspecified atom stereocenters. The number of amides is 2. The first-order valence-corrected chi connectivity index (χ1v) is 9.73. The third-order valence-electron chi connectivity index (χ3n) is 3.80. The van der Waals surface area contributed by atoms with Crippen LogP contribution >= 0.6 is 11.8 Å². The third-order valence-corrected chi connectivity index (χ3v) is 4.71. The summed E-state index contributed by atoms with van der Waals surface area (Å²) >= 11 is 1.31. The van der Waals surface area contributed by atoms with Crippen LogP contribution in [0, 0.1) is 13.8 Å². The van der Waals surface area contributed by atoms with E-state index in [0.29, 0.717) is 5.16 Å². The minimum atomic E-state index is -0.322. The normalized spacial score (nSPS) is 11.3. The van der Waals surface area contributed by atoms with Crippen molar-refractivity contribution >= 4 is 23.6 Å². The van der Waals surface area contributed by atoms with Crippen molar-refractivity contribution in [3.05, 3.63) is 35.7 Å². The van der Waals surface area contributed by atoms with Gasteiger partial charge < -0.3 is 10.2 Å². The molecule has 0 atom stereocenters. The molecule has 0 aliphatic carbocycles. The summed E-state index contributed by atoms with van der Waals surface area (Å²) in [6.07, 6.45) is 0. The molecule has 1 aromatic heterocycles. The van der Waals surface area contributed by atoms with E-state index in [1.165, 1.54) is 16.7 Å². The van der Waals surface area contributed by atoms with E-state index < -0.39 is 0 Å². The Bertz CT molecular complexity index is 826. The quantitative estimate of drug-likeness (QED) is 0.767. The number of benzene rings is 1. The molecule has 0 radical (unpaired) electrons. The average molecular weight is 390 g/mol. The minimum absolute atomic E-state index is 0.0280. The van der Waals surface area contributed by atoms with Crippen LogP contribution in [0.3, 0.4) is 0 Å². The first kappa shape index (κ1) is 21.0. The van der Waals surface area contributed by atoms with Crippen molar-refractivity contribution in [2.75, 3.05) is 19.3 Å². The van der Waals surface area contributed by atoms with Crippen LogP contribution in [0.2, 0.25) is 0 Å². The molecule has 0 saturated heterocycles. The molecular formula is C19H27N5O2S. The molecule has 0 aliphatic heterocycles. The second-order valence-corrected chi connectivity index (χ2v) is 8.43. The van der Waals surface area contributed by atoms with E-state index in [2.05, 4.69) is 15.5 Å². The van der Waals surface area contributed by atoms with E-state index in [9.17, 15) is 9.59 Å². The van der Waals surface area contributed by atoms with Gasteiger partial charge in [0.25, 0.3) is 0 Å². The Hall–Kier alpha value is -2.35. The zero-order valence-corrected chi connectivity index (χ0v) is 17.6. The van der Waals surface area contributed by atoms with Gasteiger partial charge in [0.15, 0.2) is 5.16 Å². The smallest absolute Gasteiger partial charge is 0.240 e. The van der Waals surface area contributed by atoms with Crippen molar-refractivity contribution in [3.63, 3.8) is 0 Å². The molecule has 8 heteroatoms. The van der Waals surface area contributed by atoms with Crippen molar-refractivity contribution in [1.29, 1.82) is 0 Å². The molecular weight excluding hydrogens is 362 g/mol. The molecule has 146 valence electrons. The lowest BCUT2D eigenvalue weighted by atomic mass is 10.1. The van der Waals surface area contributed by atoms with Gasteiger partial charge in [0.1, 0.15) is 5.82 Å². The van der Waals surface area contributed by atoms with Crippen molar-refractivity contribution < 1.29 is 9.59 Å². The zero-order chi connectivity index (χ0) is 20.2. The first-order valence-electron chi connectivity index (χ1n) is 8.74. The highest BCUT2D eigenvalue weighted by Crippen LogP contribution is 2.24. The maximum atomic E-state index is 12.4. The number of aryl methyl sites for hydroxylation is 2. The van der Waals surface area contributed by atoms with Gasteiger partial charge in [-0.05, 0) is 46.2 Å². The van der Waals surface area contributed by atoms with Crippen LogP contribution in [0.15, 0.2) is 29.4 Å². The van der Waals surface area contributed by atoms with E-state index in [1.807, 2.05) is 63.5 Å². The number of hydrogen-bond acceptors (Lipinski definition) is 5. The number of rotatable bonds is 6. The van der Waals surface area contributed by atoms with Crippen molar-refractivity contribution in [2.24, 2.45) is 0 Å². The predicted octanol–water partition coefficient (Wildman–Crippen LogP) is 2.35. The maximum absolute atomic E-state index is 12.4. The fraction of sp³-hybridized carbons (Fsp3) is 0.474. The fourth-order valence-electron chi connectivity index (χ4n) is 2.53. The summed E-state index contributed by atoms with van der Waals surface area (Å²) in [4.78, 5) is 25.8. The summed E-state index contributed by atoms with van der Waals surface area (Å²) in [5, 5.41) is 11.9. The maximum Gasteiger partial charge on any atom is 0.240 e. The van der Waals surface area contributed by atoms with Crippen molar-refractivity contribution in [1.82, 2.24) is 25.0 Å². The summed E-state index contributed by atoms with van der Waals surface area (Å²) in [7, 11) is 1.63. The highest BCUT2D eigenvalue weighted by molar-refractivity contribution is 7.99. The van der Waals surface area contributed by atoms with E-state index in [4.69, 9.17) is 0 Å². The molecule has 1 N–H and O–H groups in total. The van der Waals surface area contributed by atoms with E-state index in [1.54, 1.807) is 7.05 Å². The summed E-state index contributed by atoms with van der Waals surface area (Å²) in [6, 6.07) is 7.96. The average Bonchev–Trinajstić information content (AvgIpc) is 2.91. The van der Waals surface area contributed by atoms with Crippen LogP contribution in [-0.4, -0.2) is 56.4 Å². The lowest BCUT2D eigenvalue weighted by Crippen LogP contribution is -2.46. The van der Waals surface area contributed by atoms with Crippen LogP contribution in [0.4, 0.5) is 0 Å². The number of para-hydroxylation sites is 1. The molecule has 0 spiro atoms. The highest BCUT2D eigenvalue weighted by atomic mass is 32.2. The molecule has 0 aliphatic rings. The molecule has 2 amide bonds. The van der Waals surface area contributed by atoms with Gasteiger partial charge in [-0.3, -0.25) is 14.2 Å². The van der Waals surface area contributed by atoms with Crippen LogP contribution in [-0.2, 0) is 9.59 Å². The Morgan fingerprint density at radius 2 is 1.85 bits per heavy atom. The lowest BCUT2D eigenvalue weighted by molar-refractivity contribution is -0.133. The summed E-state index contributed by atoms with van der Waals surface area (Å²) in [6.45, 7) is 9.65. The molecule has 0 fully saturated rings. The molecule has 27 heavy (non-hydrogen) atoms. The fourth-order valence-corrected chi connectivity index (χ4v) is 3.46. The van der Waals surface area contributed by atoms with E-state index in [-0.39, 0.29) is 29.7 Å². The molecule has 2 rings (SSSR count). The molecule has 7 nitrogen and oxygen atoms in total. The number of nitrogens with zero attached hydrogens (tertiary/aromatic N) is 4. The van der Waals surface area contributed by atoms with Gasteiger partial charge in [0.2, 0.25) is 11.8 Å². The van der Waals surface area contributed by atoms with Gasteiger partial charge in [0, 0.05) is 12.6 Å². The number of nitrogens with one attached hydrogen (secondary N) is 1. The predicted molar refractivity (Wildman–Crippen MR) is 107 cm³/mol. The van der Waals surface area contributed by atoms with E-state index in [0.717, 1.165) is 17.1 Å². The molecule has 0 bridgehead atoms. The van der Waals surface area contributed by atoms with Crippen LogP contribution < -0.4 is 5.32 Å². The number of carbonyl (C=O) groups is 2. The second-order valence-electron chi connectivity index (χ2n) is 7.49. The monoisotopic (exact) mass is 389 g/mol. The van der Waals surface area contributed by atoms with E-state index >= 15 is 0 Å². The number of hydrogen-bond donors (Lipinski definition) is 1. The van der Waals surface area contributed by atoms with Crippen LogP contribution in [0.1, 0.15) is 32.2 Å². The van der Waals surface area contributed by atoms with Crippen LogP contribution in [0.5, 0.6) is 0 Å². The summed E-state index contributed by atoms with van der Waals surface area (Å²) < 4.78 is 1.94. The highest BCUT2D eigenvalue weighted by Gasteiger charge is 2.19. The Morgan fingerprint density at radius 1 is 1.19 bits per heavy atom. The molecule has 1 heterocycles. The minimum Gasteiger partial charge on any atom is -0.350 e. The topological polar surface area (TPSA) is 80.1 Å². The second kappa shape index (κ2) is 8.56. The molecule has 1 aromatic carbocycles. The lowest BCUT2D eigenvalue weighted by Gasteiger charge is -2.23. The van der Waals surface area contributed by atoms with Gasteiger partial charge in [-0.25, -0.2) is 0 Å². The van der Waals surface area contributed by atoms with Gasteiger partial charge in [0.05, 0.1) is 18.0 Å². The molecule has 0 saturated carbocycles. The first-order chi connectivity index (χ1) is 12.6. The Labute approximate surface area is 164 Å². The van der Waals surface area contributed by atoms with Gasteiger partial charge in [-0.2, -0.15) is 0 Å². The summed E-state index contributed by atoms with van der Waals surface area (Å²) in [5.74, 6) is 0.629. The number of aromatic nitrogens is 3. The SMILES string of the molecule is Cc1ccccc1-n1c(C)nnc1SCC(=O)N(C)CC(=O)NC(C)(C)C. The number of likely N-dealkylation sites (N-methyl/N-ethyl adjacent to an activating group) is 1. The summed E-state index contributed by atoms with van der Waals surface area (Å²) in [5.41, 5.74) is 1.77. The third kappa shape index (κ3) is 5.82. The zero-order valence-electron chi connectivity index (χ0n) is 16.7. The van der Waals surface area contributed by atoms with Crippen molar-refractivity contribution in [2.45, 2.75) is 45.3 Å². The van der Waals surface area contributed by atoms with Gasteiger partial charge >= 0.3 is 0 Å². The van der Waals surface area contributed by atoms with Gasteiger partial charge in [-0.1, -0.05) is 30.0 Å². The number of carbonyl (C=O) groups excluding carboxylic acids is 2.